The van der Waals surface area contributed by atoms with Gasteiger partial charge in [-0.2, -0.15) is 13.2 Å². The normalized spacial score (nSPS) is 12.0. The zero-order chi connectivity index (χ0) is 13.0. The van der Waals surface area contributed by atoms with Crippen LogP contribution < -0.4 is 5.32 Å². The van der Waals surface area contributed by atoms with E-state index in [-0.39, 0.29) is 13.0 Å². The van der Waals surface area contributed by atoms with Crippen molar-refractivity contribution in [3.05, 3.63) is 0 Å². The molecule has 0 aromatic heterocycles. The number of nitrogens with one attached hydrogen (secondary N) is 1. The summed E-state index contributed by atoms with van der Waals surface area (Å²) in [7, 11) is 0. The molecule has 2 nitrogen and oxygen atoms in total. The van der Waals surface area contributed by atoms with Crippen LogP contribution in [0.4, 0.5) is 13.2 Å². The molecule has 0 radical (unpaired) electrons. The smallest absolute Gasteiger partial charge is 0.381 e. The highest BCUT2D eigenvalue weighted by Crippen LogP contribution is 2.20. The van der Waals surface area contributed by atoms with Gasteiger partial charge in [0, 0.05) is 19.6 Å². The third-order valence-corrected chi connectivity index (χ3v) is 2.32. The molecule has 0 rings (SSSR count). The molecule has 0 aliphatic heterocycles. The third kappa shape index (κ3) is 15.7. The van der Waals surface area contributed by atoms with Crippen LogP contribution in [0.5, 0.6) is 0 Å². The minimum atomic E-state index is -4.05. The van der Waals surface area contributed by atoms with Gasteiger partial charge in [0.1, 0.15) is 0 Å². The summed E-state index contributed by atoms with van der Waals surface area (Å²) in [5, 5.41) is 3.30. The first-order valence-corrected chi connectivity index (χ1v) is 6.41. The zero-order valence-corrected chi connectivity index (χ0v) is 10.6. The van der Waals surface area contributed by atoms with Crippen molar-refractivity contribution in [2.24, 2.45) is 0 Å². The van der Waals surface area contributed by atoms with Gasteiger partial charge in [0.2, 0.25) is 0 Å². The van der Waals surface area contributed by atoms with Gasteiger partial charge in [-0.15, -0.1) is 0 Å². The summed E-state index contributed by atoms with van der Waals surface area (Å²) in [5.41, 5.74) is 0. The summed E-state index contributed by atoms with van der Waals surface area (Å²) in [4.78, 5) is 0. The lowest BCUT2D eigenvalue weighted by atomic mass is 10.2. The highest BCUT2D eigenvalue weighted by Gasteiger charge is 2.25. The number of hydrogen-bond acceptors (Lipinski definition) is 2. The molecule has 0 saturated carbocycles. The first-order chi connectivity index (χ1) is 8.06. The van der Waals surface area contributed by atoms with Crippen LogP contribution in [0.25, 0.3) is 0 Å². The van der Waals surface area contributed by atoms with E-state index in [4.69, 9.17) is 4.74 Å². The van der Waals surface area contributed by atoms with Crippen LogP contribution in [0.15, 0.2) is 0 Å². The molecule has 104 valence electrons. The Hall–Kier alpha value is -0.290. The SMILES string of the molecule is CCCNCCCCCOCCCC(F)(F)F. The molecule has 0 fully saturated rings. The molecule has 0 aromatic rings. The topological polar surface area (TPSA) is 21.3 Å². The van der Waals surface area contributed by atoms with Crippen molar-refractivity contribution in [2.75, 3.05) is 26.3 Å². The molecular weight excluding hydrogens is 231 g/mol. The summed E-state index contributed by atoms with van der Waals surface area (Å²) >= 11 is 0. The Labute approximate surface area is 102 Å². The number of ether oxygens (including phenoxy) is 1. The van der Waals surface area contributed by atoms with Crippen LogP contribution in [0.3, 0.4) is 0 Å². The zero-order valence-electron chi connectivity index (χ0n) is 10.6. The van der Waals surface area contributed by atoms with E-state index >= 15 is 0 Å². The maximum absolute atomic E-state index is 11.8. The van der Waals surface area contributed by atoms with Crippen molar-refractivity contribution in [2.45, 2.75) is 51.6 Å². The number of alkyl halides is 3. The van der Waals surface area contributed by atoms with E-state index in [1.165, 1.54) is 0 Å². The van der Waals surface area contributed by atoms with E-state index in [0.29, 0.717) is 6.61 Å². The Kier molecular flexibility index (Phi) is 10.7. The van der Waals surface area contributed by atoms with Crippen molar-refractivity contribution < 1.29 is 17.9 Å². The second kappa shape index (κ2) is 10.8. The van der Waals surface area contributed by atoms with Crippen molar-refractivity contribution in [3.8, 4) is 0 Å². The summed E-state index contributed by atoms with van der Waals surface area (Å²) in [5.74, 6) is 0. The molecule has 5 heteroatoms. The summed E-state index contributed by atoms with van der Waals surface area (Å²) in [6.07, 6.45) is -0.478. The molecule has 0 aliphatic carbocycles. The molecule has 0 aromatic carbocycles. The summed E-state index contributed by atoms with van der Waals surface area (Å²) in [6.45, 7) is 4.98. The van der Waals surface area contributed by atoms with E-state index in [2.05, 4.69) is 12.2 Å². The van der Waals surface area contributed by atoms with Gasteiger partial charge in [0.05, 0.1) is 0 Å². The predicted octanol–water partition coefficient (Wildman–Crippen LogP) is 3.52. The van der Waals surface area contributed by atoms with Crippen molar-refractivity contribution in [3.63, 3.8) is 0 Å². The predicted molar refractivity (Wildman–Crippen MR) is 63.1 cm³/mol. The van der Waals surface area contributed by atoms with Gasteiger partial charge in [0.15, 0.2) is 0 Å². The highest BCUT2D eigenvalue weighted by molar-refractivity contribution is 4.50. The number of unbranched alkanes of at least 4 members (excludes halogenated alkanes) is 2. The van der Waals surface area contributed by atoms with Crippen LogP contribution in [0.1, 0.15) is 45.4 Å². The number of halogens is 3. The van der Waals surface area contributed by atoms with Gasteiger partial charge in [-0.1, -0.05) is 6.92 Å². The van der Waals surface area contributed by atoms with E-state index in [1.54, 1.807) is 0 Å². The summed E-state index contributed by atoms with van der Waals surface area (Å²) < 4.78 is 40.4. The average molecular weight is 255 g/mol. The Balaban J connectivity index is 2.99. The second-order valence-corrected chi connectivity index (χ2v) is 4.14. The standard InChI is InChI=1S/C12H24F3NO/c1-2-8-16-9-4-3-5-10-17-11-6-7-12(13,14)15/h16H,2-11H2,1H3. The number of hydrogen-bond donors (Lipinski definition) is 1. The number of rotatable bonds is 11. The molecule has 0 amide bonds. The van der Waals surface area contributed by atoms with Crippen LogP contribution in [0.2, 0.25) is 0 Å². The Morgan fingerprint density at radius 1 is 0.941 bits per heavy atom. The van der Waals surface area contributed by atoms with Crippen molar-refractivity contribution in [1.29, 1.82) is 0 Å². The van der Waals surface area contributed by atoms with E-state index in [1.807, 2.05) is 0 Å². The first-order valence-electron chi connectivity index (χ1n) is 6.41. The van der Waals surface area contributed by atoms with E-state index in [9.17, 15) is 13.2 Å². The molecule has 0 heterocycles. The Morgan fingerprint density at radius 3 is 2.29 bits per heavy atom. The molecule has 0 aliphatic rings. The molecule has 1 N–H and O–H groups in total. The first kappa shape index (κ1) is 16.7. The van der Waals surface area contributed by atoms with Gasteiger partial charge < -0.3 is 10.1 Å². The highest BCUT2D eigenvalue weighted by atomic mass is 19.4. The molecule has 0 unspecified atom stereocenters. The lowest BCUT2D eigenvalue weighted by molar-refractivity contribution is -0.137. The summed E-state index contributed by atoms with van der Waals surface area (Å²) in [6, 6.07) is 0. The van der Waals surface area contributed by atoms with Gasteiger partial charge >= 0.3 is 6.18 Å². The van der Waals surface area contributed by atoms with Gasteiger partial charge in [-0.3, -0.25) is 0 Å². The van der Waals surface area contributed by atoms with Crippen molar-refractivity contribution >= 4 is 0 Å². The minimum absolute atomic E-state index is 0.0710. The van der Waals surface area contributed by atoms with Crippen LogP contribution >= 0.6 is 0 Å². The monoisotopic (exact) mass is 255 g/mol. The fraction of sp³-hybridized carbons (Fsp3) is 1.00. The molecule has 0 spiro atoms. The quantitative estimate of drug-likeness (QED) is 0.570. The maximum atomic E-state index is 11.8. The average Bonchev–Trinajstić information content (AvgIpc) is 2.24. The fourth-order valence-corrected chi connectivity index (χ4v) is 1.41. The second-order valence-electron chi connectivity index (χ2n) is 4.14. The molecule has 0 bridgehead atoms. The molecule has 17 heavy (non-hydrogen) atoms. The lowest BCUT2D eigenvalue weighted by Gasteiger charge is -2.07. The minimum Gasteiger partial charge on any atom is -0.381 e. The van der Waals surface area contributed by atoms with Crippen molar-refractivity contribution in [1.82, 2.24) is 5.32 Å². The molecule has 0 saturated heterocycles. The van der Waals surface area contributed by atoms with Gasteiger partial charge in [-0.05, 0) is 45.2 Å². The van der Waals surface area contributed by atoms with Crippen LogP contribution in [-0.4, -0.2) is 32.5 Å². The van der Waals surface area contributed by atoms with Gasteiger partial charge in [0.25, 0.3) is 0 Å². The Bertz CT molecular complexity index is 162. The van der Waals surface area contributed by atoms with Gasteiger partial charge in [-0.25, -0.2) is 0 Å². The molecular formula is C12H24F3NO. The Morgan fingerprint density at radius 2 is 1.65 bits per heavy atom. The van der Waals surface area contributed by atoms with Crippen LogP contribution in [0, 0.1) is 0 Å². The lowest BCUT2D eigenvalue weighted by Crippen LogP contribution is -2.15. The van der Waals surface area contributed by atoms with E-state index < -0.39 is 12.6 Å². The van der Waals surface area contributed by atoms with Crippen LogP contribution in [-0.2, 0) is 4.74 Å². The largest absolute Gasteiger partial charge is 0.389 e. The third-order valence-electron chi connectivity index (χ3n) is 2.32. The van der Waals surface area contributed by atoms with E-state index in [0.717, 1.165) is 38.8 Å². The molecule has 0 atom stereocenters. The fourth-order valence-electron chi connectivity index (χ4n) is 1.41. The maximum Gasteiger partial charge on any atom is 0.389 e.